The highest BCUT2D eigenvalue weighted by molar-refractivity contribution is 5.61. The van der Waals surface area contributed by atoms with Crippen molar-refractivity contribution in [2.75, 3.05) is 0 Å². The number of hydrogen-bond acceptors (Lipinski definition) is 2. The molecule has 0 radical (unpaired) electrons. The van der Waals surface area contributed by atoms with Gasteiger partial charge in [0.05, 0.1) is 0 Å². The van der Waals surface area contributed by atoms with Crippen molar-refractivity contribution in [2.45, 2.75) is 51.6 Å². The Morgan fingerprint density at radius 3 is 1.06 bits per heavy atom. The molecule has 0 aliphatic heterocycles. The minimum atomic E-state index is 0. The fourth-order valence-corrected chi connectivity index (χ4v) is 3.98. The van der Waals surface area contributed by atoms with Gasteiger partial charge in [-0.2, -0.15) is 0 Å². The van der Waals surface area contributed by atoms with Gasteiger partial charge in [-0.05, 0) is 59.4 Å². The first-order valence-electron chi connectivity index (χ1n) is 11.7. The maximum atomic E-state index is 4.09. The summed E-state index contributed by atoms with van der Waals surface area (Å²) in [6.07, 6.45) is 23.8. The summed E-state index contributed by atoms with van der Waals surface area (Å²) in [6.45, 7) is 2.19. The number of rotatable bonds is 11. The summed E-state index contributed by atoms with van der Waals surface area (Å²) >= 11 is 0. The minimum Gasteiger partial charge on any atom is -1.00 e. The Kier molecular flexibility index (Phi) is 12.6. The number of aromatic nitrogens is 4. The third-order valence-electron chi connectivity index (χ3n) is 5.89. The molecule has 4 heterocycles. The highest BCUT2D eigenvalue weighted by Gasteiger charge is 2.04. The normalized spacial score (nSPS) is 10.2. The van der Waals surface area contributed by atoms with Crippen LogP contribution in [0.2, 0.25) is 0 Å². The summed E-state index contributed by atoms with van der Waals surface area (Å²) in [5.74, 6) is 0. The number of pyridine rings is 4. The van der Waals surface area contributed by atoms with Crippen molar-refractivity contribution in [3.63, 3.8) is 0 Å². The summed E-state index contributed by atoms with van der Waals surface area (Å²) in [5, 5.41) is 0. The Balaban J connectivity index is 0.00000204. The predicted octanol–water partition coefficient (Wildman–Crippen LogP) is -0.566. The van der Waals surface area contributed by atoms with Crippen LogP contribution in [0.4, 0.5) is 0 Å². The second-order valence-electron chi connectivity index (χ2n) is 8.24. The molecule has 0 fully saturated rings. The van der Waals surface area contributed by atoms with Gasteiger partial charge in [0.2, 0.25) is 0 Å². The second-order valence-corrected chi connectivity index (χ2v) is 8.24. The van der Waals surface area contributed by atoms with Gasteiger partial charge in [0.25, 0.3) is 0 Å². The van der Waals surface area contributed by atoms with Gasteiger partial charge >= 0.3 is 0 Å². The van der Waals surface area contributed by atoms with E-state index in [2.05, 4.69) is 92.4 Å². The minimum absolute atomic E-state index is 0. The predicted molar refractivity (Wildman–Crippen MR) is 127 cm³/mol. The number of unbranched alkanes of at least 4 members (excludes halogenated alkanes) is 5. The van der Waals surface area contributed by atoms with E-state index in [0.717, 1.165) is 13.1 Å². The van der Waals surface area contributed by atoms with Crippen molar-refractivity contribution in [2.24, 2.45) is 0 Å². The molecule has 4 nitrogen and oxygen atoms in total. The second kappa shape index (κ2) is 15.5. The summed E-state index contributed by atoms with van der Waals surface area (Å²) < 4.78 is 4.58. The van der Waals surface area contributed by atoms with Crippen LogP contribution in [-0.2, 0) is 13.1 Å². The fourth-order valence-electron chi connectivity index (χ4n) is 3.98. The molecule has 4 aromatic rings. The molecule has 0 unspecified atom stereocenters. The summed E-state index contributed by atoms with van der Waals surface area (Å²) in [4.78, 5) is 8.17. The van der Waals surface area contributed by atoms with Crippen molar-refractivity contribution < 1.29 is 43.1 Å². The van der Waals surface area contributed by atoms with Crippen LogP contribution in [-0.4, -0.2) is 9.97 Å². The van der Waals surface area contributed by atoms with Gasteiger partial charge in [-0.15, -0.1) is 0 Å². The highest BCUT2D eigenvalue weighted by Crippen LogP contribution is 2.17. The zero-order chi connectivity index (χ0) is 21.8. The molecule has 6 heteroatoms. The smallest absolute Gasteiger partial charge is 0.169 e. The fraction of sp³-hybridized carbons (Fsp3) is 0.286. The molecule has 178 valence electrons. The molecular weight excluding hydrogens is 552 g/mol. The van der Waals surface area contributed by atoms with E-state index in [-0.39, 0.29) is 34.0 Å². The van der Waals surface area contributed by atoms with E-state index in [1.165, 1.54) is 60.8 Å². The van der Waals surface area contributed by atoms with Gasteiger partial charge in [0.15, 0.2) is 24.8 Å². The average molecular weight is 584 g/mol. The Morgan fingerprint density at radius 2 is 0.706 bits per heavy atom. The van der Waals surface area contributed by atoms with E-state index in [0.29, 0.717) is 0 Å². The number of hydrogen-bond donors (Lipinski definition) is 0. The lowest BCUT2D eigenvalue weighted by Gasteiger charge is -2.02. The van der Waals surface area contributed by atoms with Crippen molar-refractivity contribution in [3.05, 3.63) is 98.1 Å². The standard InChI is InChI=1S/C28H32N4.2BrH/c1(3-5-19-31-21-11-27(12-22-31)25-7-15-29-16-8-25)2-4-6-20-32-23-13-28(14-24-32)26-9-17-30-18-10-26;;/h7-18,21-24H,1-6,19-20H2;2*1H/q+2;;/p-2. The lowest BCUT2D eigenvalue weighted by molar-refractivity contribution is -0.697. The highest BCUT2D eigenvalue weighted by atomic mass is 79.9. The van der Waals surface area contributed by atoms with Crippen LogP contribution in [0.5, 0.6) is 0 Å². The van der Waals surface area contributed by atoms with Crippen molar-refractivity contribution in [1.82, 2.24) is 9.97 Å². The van der Waals surface area contributed by atoms with Crippen LogP contribution in [0, 0.1) is 0 Å². The van der Waals surface area contributed by atoms with Gasteiger partial charge in [-0.3, -0.25) is 9.97 Å². The third-order valence-corrected chi connectivity index (χ3v) is 5.89. The third kappa shape index (κ3) is 8.73. The first-order chi connectivity index (χ1) is 15.9. The molecule has 4 rings (SSSR count). The van der Waals surface area contributed by atoms with Gasteiger partial charge in [-0.25, -0.2) is 9.13 Å². The van der Waals surface area contributed by atoms with E-state index in [1.807, 2.05) is 24.8 Å². The molecule has 0 aliphatic rings. The molecule has 0 amide bonds. The average Bonchev–Trinajstić information content (AvgIpc) is 2.87. The monoisotopic (exact) mass is 582 g/mol. The molecule has 0 spiro atoms. The van der Waals surface area contributed by atoms with Gasteiger partial charge in [0.1, 0.15) is 13.1 Å². The van der Waals surface area contributed by atoms with Gasteiger partial charge < -0.3 is 34.0 Å². The molecule has 0 bridgehead atoms. The van der Waals surface area contributed by atoms with Crippen LogP contribution in [0.15, 0.2) is 98.1 Å². The number of halogens is 2. The van der Waals surface area contributed by atoms with Crippen LogP contribution in [0.25, 0.3) is 22.3 Å². The summed E-state index contributed by atoms with van der Waals surface area (Å²) in [5.41, 5.74) is 4.92. The van der Waals surface area contributed by atoms with Crippen LogP contribution in [0.3, 0.4) is 0 Å². The summed E-state index contributed by atoms with van der Waals surface area (Å²) in [6, 6.07) is 17.0. The van der Waals surface area contributed by atoms with Crippen LogP contribution < -0.4 is 43.1 Å². The lowest BCUT2D eigenvalue weighted by Crippen LogP contribution is -3.00. The molecule has 34 heavy (non-hydrogen) atoms. The van der Waals surface area contributed by atoms with Crippen molar-refractivity contribution >= 4 is 0 Å². The zero-order valence-corrected chi connectivity index (χ0v) is 22.6. The zero-order valence-electron chi connectivity index (χ0n) is 19.4. The maximum Gasteiger partial charge on any atom is 0.169 e. The van der Waals surface area contributed by atoms with Gasteiger partial charge in [0, 0.05) is 61.9 Å². The molecule has 0 N–H and O–H groups in total. The Hall–Kier alpha value is -2.44. The van der Waals surface area contributed by atoms with Crippen molar-refractivity contribution in [1.29, 1.82) is 0 Å². The Morgan fingerprint density at radius 1 is 0.412 bits per heavy atom. The lowest BCUT2D eigenvalue weighted by atomic mass is 10.1. The van der Waals surface area contributed by atoms with Crippen LogP contribution >= 0.6 is 0 Å². The topological polar surface area (TPSA) is 33.5 Å². The first kappa shape index (κ1) is 27.8. The van der Waals surface area contributed by atoms with Crippen LogP contribution in [0.1, 0.15) is 38.5 Å². The largest absolute Gasteiger partial charge is 1.00 e. The van der Waals surface area contributed by atoms with E-state index >= 15 is 0 Å². The first-order valence-corrected chi connectivity index (χ1v) is 11.7. The SMILES string of the molecule is [Br-].[Br-].c1cc(-c2cc[n+](CCCCCCCC[n+]3ccc(-c4ccncc4)cc3)cc2)ccn1. The molecule has 0 aromatic carbocycles. The summed E-state index contributed by atoms with van der Waals surface area (Å²) in [7, 11) is 0. The molecule has 4 aromatic heterocycles. The molecule has 0 saturated carbocycles. The quantitative estimate of drug-likeness (QED) is 0.175. The molecule has 0 aliphatic carbocycles. The van der Waals surface area contributed by atoms with Gasteiger partial charge in [-0.1, -0.05) is 12.8 Å². The van der Waals surface area contributed by atoms with Crippen molar-refractivity contribution in [3.8, 4) is 22.3 Å². The Labute approximate surface area is 224 Å². The van der Waals surface area contributed by atoms with E-state index in [4.69, 9.17) is 0 Å². The molecule has 0 atom stereocenters. The van der Waals surface area contributed by atoms with E-state index in [9.17, 15) is 0 Å². The maximum absolute atomic E-state index is 4.09. The molecule has 0 saturated heterocycles. The number of nitrogens with zero attached hydrogens (tertiary/aromatic N) is 4. The molecular formula is C28H32Br2N4. The van der Waals surface area contributed by atoms with E-state index < -0.39 is 0 Å². The van der Waals surface area contributed by atoms with E-state index in [1.54, 1.807) is 0 Å². The number of aryl methyl sites for hydroxylation is 2. The Bertz CT molecular complexity index is 968.